The molecule has 1 heterocycles. The van der Waals surface area contributed by atoms with Gasteiger partial charge in [-0.2, -0.15) is 0 Å². The summed E-state index contributed by atoms with van der Waals surface area (Å²) in [4.78, 5) is 25.8. The van der Waals surface area contributed by atoms with E-state index >= 15 is 0 Å². The predicted octanol–water partition coefficient (Wildman–Crippen LogP) is 0.308. The number of aliphatic carboxylic acids is 1. The van der Waals surface area contributed by atoms with E-state index in [9.17, 15) is 14.7 Å². The van der Waals surface area contributed by atoms with Crippen LogP contribution in [0.4, 0.5) is 0 Å². The molecule has 114 valence electrons. The molecular formula is C15H27N2O3+. The summed E-state index contributed by atoms with van der Waals surface area (Å²) in [6.45, 7) is 4.06. The van der Waals surface area contributed by atoms with Gasteiger partial charge >= 0.3 is 5.97 Å². The molecule has 1 aliphatic carbocycles. The molecule has 5 heteroatoms. The zero-order chi connectivity index (χ0) is 14.7. The summed E-state index contributed by atoms with van der Waals surface area (Å²) >= 11 is 0. The number of rotatable bonds is 3. The number of piperidine rings is 1. The molecule has 0 bridgehead atoms. The summed E-state index contributed by atoms with van der Waals surface area (Å²) in [6.07, 6.45) is 4.54. The van der Waals surface area contributed by atoms with Crippen molar-refractivity contribution in [1.29, 1.82) is 0 Å². The number of carbonyl (C=O) groups is 2. The highest BCUT2D eigenvalue weighted by molar-refractivity contribution is 5.80. The first kappa shape index (κ1) is 15.3. The van der Waals surface area contributed by atoms with Crippen molar-refractivity contribution < 1.29 is 20.0 Å². The van der Waals surface area contributed by atoms with Crippen LogP contribution in [0.25, 0.3) is 0 Å². The van der Waals surface area contributed by atoms with Crippen LogP contribution in [0.15, 0.2) is 0 Å². The van der Waals surface area contributed by atoms with E-state index in [-0.39, 0.29) is 17.9 Å². The molecule has 0 aromatic carbocycles. The van der Waals surface area contributed by atoms with Crippen LogP contribution < -0.4 is 5.32 Å². The van der Waals surface area contributed by atoms with Gasteiger partial charge in [0.2, 0.25) is 5.91 Å². The van der Waals surface area contributed by atoms with E-state index in [1.807, 2.05) is 0 Å². The molecule has 1 saturated carbocycles. The van der Waals surface area contributed by atoms with Crippen LogP contribution in [-0.2, 0) is 9.59 Å². The summed E-state index contributed by atoms with van der Waals surface area (Å²) in [5.74, 6) is -0.496. The number of carboxylic acid groups (broad SMARTS) is 1. The number of hydrogen-bond donors (Lipinski definition) is 2. The first-order valence-electron chi connectivity index (χ1n) is 7.81. The summed E-state index contributed by atoms with van der Waals surface area (Å²) in [5.41, 5.74) is 0. The lowest BCUT2D eigenvalue weighted by Crippen LogP contribution is -2.88. The third kappa shape index (κ3) is 3.32. The predicted molar refractivity (Wildman–Crippen MR) is 75.1 cm³/mol. The first-order valence-corrected chi connectivity index (χ1v) is 7.81. The normalized spacial score (nSPS) is 34.5. The average molecular weight is 283 g/mol. The van der Waals surface area contributed by atoms with Crippen molar-refractivity contribution in [2.45, 2.75) is 45.1 Å². The van der Waals surface area contributed by atoms with Crippen LogP contribution in [0.5, 0.6) is 0 Å². The van der Waals surface area contributed by atoms with Gasteiger partial charge in [-0.3, -0.25) is 9.59 Å². The van der Waals surface area contributed by atoms with Crippen molar-refractivity contribution in [2.24, 2.45) is 17.8 Å². The van der Waals surface area contributed by atoms with Crippen molar-refractivity contribution in [3.63, 3.8) is 0 Å². The molecule has 2 rings (SSSR count). The Labute approximate surface area is 120 Å². The highest BCUT2D eigenvalue weighted by Crippen LogP contribution is 2.32. The fourth-order valence-electron chi connectivity index (χ4n) is 3.72. The van der Waals surface area contributed by atoms with Gasteiger partial charge in [0.15, 0.2) is 0 Å². The van der Waals surface area contributed by atoms with Crippen molar-refractivity contribution in [1.82, 2.24) is 4.90 Å². The Kier molecular flexibility index (Phi) is 5.02. The largest absolute Gasteiger partial charge is 0.481 e. The molecule has 1 aliphatic heterocycles. The van der Waals surface area contributed by atoms with Gasteiger partial charge < -0.3 is 15.3 Å². The molecule has 0 aromatic heterocycles. The molecule has 1 amide bonds. The average Bonchev–Trinajstić information content (AvgIpc) is 2.46. The Balaban J connectivity index is 2.03. The van der Waals surface area contributed by atoms with Crippen LogP contribution in [0, 0.1) is 17.8 Å². The fraction of sp³-hybridized carbons (Fsp3) is 0.867. The lowest BCUT2D eigenvalue weighted by atomic mass is 9.78. The molecule has 0 radical (unpaired) electrons. The van der Waals surface area contributed by atoms with E-state index in [2.05, 4.69) is 12.2 Å². The summed E-state index contributed by atoms with van der Waals surface area (Å²) < 4.78 is 0. The van der Waals surface area contributed by atoms with Crippen LogP contribution in [-0.4, -0.2) is 48.1 Å². The van der Waals surface area contributed by atoms with E-state index in [0.29, 0.717) is 12.3 Å². The molecule has 2 aliphatic rings. The summed E-state index contributed by atoms with van der Waals surface area (Å²) in [7, 11) is 1.80. The standard InChI is InChI=1S/C15H26N2O3/c1-10-5-6-13(12(8-10)15(19)20)17(2)14(18)11-4-3-7-16-9-11/h10-13,16H,3-9H2,1-2H3,(H,19,20)/p+1. The maximum Gasteiger partial charge on any atom is 0.308 e. The van der Waals surface area contributed by atoms with Crippen LogP contribution in [0.1, 0.15) is 39.0 Å². The Bertz CT molecular complexity index is 366. The SMILES string of the molecule is CC1CCC(N(C)C(=O)C2CCC[NH2+]C2)C(C(=O)O)C1. The van der Waals surface area contributed by atoms with Gasteiger partial charge in [0, 0.05) is 13.1 Å². The lowest BCUT2D eigenvalue weighted by Gasteiger charge is -2.39. The van der Waals surface area contributed by atoms with Crippen molar-refractivity contribution in [3.8, 4) is 0 Å². The molecule has 3 N–H and O–H groups in total. The molecule has 2 fully saturated rings. The Morgan fingerprint density at radius 2 is 2.00 bits per heavy atom. The van der Waals surface area contributed by atoms with Gasteiger partial charge in [0.25, 0.3) is 0 Å². The Morgan fingerprint density at radius 3 is 2.60 bits per heavy atom. The molecule has 0 aromatic rings. The fourth-order valence-corrected chi connectivity index (χ4v) is 3.72. The maximum atomic E-state index is 12.6. The van der Waals surface area contributed by atoms with Gasteiger partial charge in [0.1, 0.15) is 0 Å². The summed E-state index contributed by atoms with van der Waals surface area (Å²) in [5, 5.41) is 11.6. The quantitative estimate of drug-likeness (QED) is 0.783. The van der Waals surface area contributed by atoms with Gasteiger partial charge in [-0.05, 0) is 38.0 Å². The zero-order valence-corrected chi connectivity index (χ0v) is 12.5. The van der Waals surface area contributed by atoms with Crippen LogP contribution in [0.2, 0.25) is 0 Å². The minimum atomic E-state index is -0.753. The summed E-state index contributed by atoms with van der Waals surface area (Å²) in [6, 6.07) is -0.127. The van der Waals surface area contributed by atoms with Gasteiger partial charge in [-0.15, -0.1) is 0 Å². The van der Waals surface area contributed by atoms with Crippen LogP contribution >= 0.6 is 0 Å². The highest BCUT2D eigenvalue weighted by atomic mass is 16.4. The Morgan fingerprint density at radius 1 is 1.25 bits per heavy atom. The van der Waals surface area contributed by atoms with Crippen LogP contribution in [0.3, 0.4) is 0 Å². The number of nitrogens with zero attached hydrogens (tertiary/aromatic N) is 1. The van der Waals surface area contributed by atoms with E-state index in [1.54, 1.807) is 11.9 Å². The number of carboxylic acids is 1. The third-order valence-electron chi connectivity index (χ3n) is 5.00. The lowest BCUT2D eigenvalue weighted by molar-refractivity contribution is -0.666. The molecule has 20 heavy (non-hydrogen) atoms. The maximum absolute atomic E-state index is 12.6. The second kappa shape index (κ2) is 6.57. The first-order chi connectivity index (χ1) is 9.50. The Hall–Kier alpha value is -1.10. The number of carbonyl (C=O) groups excluding carboxylic acids is 1. The van der Waals surface area contributed by atoms with Crippen molar-refractivity contribution in [3.05, 3.63) is 0 Å². The smallest absolute Gasteiger partial charge is 0.308 e. The van der Waals surface area contributed by atoms with Crippen molar-refractivity contribution in [2.75, 3.05) is 20.1 Å². The third-order valence-corrected chi connectivity index (χ3v) is 5.00. The second-order valence-electron chi connectivity index (χ2n) is 6.53. The molecule has 4 unspecified atom stereocenters. The zero-order valence-electron chi connectivity index (χ0n) is 12.5. The molecular weight excluding hydrogens is 256 g/mol. The minimum Gasteiger partial charge on any atom is -0.481 e. The number of hydrogen-bond acceptors (Lipinski definition) is 2. The van der Waals surface area contributed by atoms with E-state index in [4.69, 9.17) is 0 Å². The molecule has 0 spiro atoms. The minimum absolute atomic E-state index is 0.0718. The molecule has 5 nitrogen and oxygen atoms in total. The van der Waals surface area contributed by atoms with Gasteiger partial charge in [-0.1, -0.05) is 6.92 Å². The number of amides is 1. The molecule has 1 saturated heterocycles. The molecule has 4 atom stereocenters. The van der Waals surface area contributed by atoms with E-state index in [1.165, 1.54) is 0 Å². The second-order valence-corrected chi connectivity index (χ2v) is 6.53. The van der Waals surface area contributed by atoms with E-state index < -0.39 is 11.9 Å². The highest BCUT2D eigenvalue weighted by Gasteiger charge is 2.39. The number of nitrogens with two attached hydrogens (primary N) is 1. The van der Waals surface area contributed by atoms with Gasteiger partial charge in [-0.25, -0.2) is 0 Å². The number of quaternary nitrogens is 1. The topological polar surface area (TPSA) is 74.2 Å². The monoisotopic (exact) mass is 283 g/mol. The van der Waals surface area contributed by atoms with Gasteiger partial charge in [0.05, 0.1) is 24.9 Å². The van der Waals surface area contributed by atoms with E-state index in [0.717, 1.165) is 38.8 Å². The van der Waals surface area contributed by atoms with Crippen molar-refractivity contribution >= 4 is 11.9 Å².